The van der Waals surface area contributed by atoms with Crippen LogP contribution in [0.5, 0.6) is 23.0 Å². The molecule has 0 aliphatic carbocycles. The molecule has 2 aliphatic heterocycles. The molecule has 4 rings (SSSR count). The molecular weight excluding hydrogens is 454 g/mol. The zero-order valence-corrected chi connectivity index (χ0v) is 21.2. The molecule has 2 aromatic carbocycles. The number of hydrogen-bond acceptors (Lipinski definition) is 6. The monoisotopic (exact) mass is 485 g/mol. The Morgan fingerprint density at radius 1 is 1.12 bits per heavy atom. The van der Waals surface area contributed by atoms with Crippen LogP contribution in [0.3, 0.4) is 0 Å². The third-order valence-corrected chi connectivity index (χ3v) is 6.96. The van der Waals surface area contributed by atoms with E-state index in [0.29, 0.717) is 41.1 Å². The zero-order valence-electron chi connectivity index (χ0n) is 20.4. The van der Waals surface area contributed by atoms with Gasteiger partial charge in [-0.3, -0.25) is 4.79 Å². The Morgan fingerprint density at radius 3 is 2.47 bits per heavy atom. The number of nitrogens with one attached hydrogen (secondary N) is 1. The molecule has 2 aromatic rings. The number of carbonyl (C=O) groups excluding carboxylic acids is 1. The topological polar surface area (TPSA) is 72.5 Å². The Hall–Kier alpha value is -3.20. The van der Waals surface area contributed by atoms with E-state index in [2.05, 4.69) is 5.32 Å². The fraction of sp³-hybridized carbons (Fsp3) is 0.440. The number of thiocarbonyl (C=S) groups is 1. The molecule has 9 heteroatoms. The quantitative estimate of drug-likeness (QED) is 0.601. The van der Waals surface area contributed by atoms with E-state index >= 15 is 0 Å². The van der Waals surface area contributed by atoms with E-state index in [1.165, 1.54) is 0 Å². The summed E-state index contributed by atoms with van der Waals surface area (Å²) in [6.07, 6.45) is 0.660. The first-order valence-corrected chi connectivity index (χ1v) is 11.5. The van der Waals surface area contributed by atoms with E-state index in [0.717, 1.165) is 11.1 Å². The molecule has 3 unspecified atom stereocenters. The molecule has 0 radical (unpaired) electrons. The largest absolute Gasteiger partial charge is 0.493 e. The summed E-state index contributed by atoms with van der Waals surface area (Å²) in [5.74, 6) is 2.04. The fourth-order valence-electron chi connectivity index (χ4n) is 4.85. The molecule has 3 atom stereocenters. The van der Waals surface area contributed by atoms with Gasteiger partial charge in [0.15, 0.2) is 33.8 Å². The van der Waals surface area contributed by atoms with Gasteiger partial charge in [-0.15, -0.1) is 0 Å². The molecule has 1 fully saturated rings. The third-order valence-electron chi connectivity index (χ3n) is 6.62. The molecule has 0 aromatic heterocycles. The second-order valence-electron chi connectivity index (χ2n) is 8.76. The van der Waals surface area contributed by atoms with Gasteiger partial charge in [0, 0.05) is 26.2 Å². The third kappa shape index (κ3) is 3.87. The number of benzene rings is 2. The maximum absolute atomic E-state index is 13.4. The summed E-state index contributed by atoms with van der Waals surface area (Å²) < 4.78 is 23.0. The van der Waals surface area contributed by atoms with Crippen LogP contribution in [0.2, 0.25) is 0 Å². The predicted molar refractivity (Wildman–Crippen MR) is 133 cm³/mol. The van der Waals surface area contributed by atoms with Gasteiger partial charge in [0.25, 0.3) is 0 Å². The van der Waals surface area contributed by atoms with Crippen LogP contribution < -0.4 is 24.3 Å². The molecular formula is C25H31N3O5S. The number of hydrogen-bond donors (Lipinski definition) is 1. The summed E-state index contributed by atoms with van der Waals surface area (Å²) in [6.45, 7) is 2.47. The Bertz CT molecular complexity index is 1110. The zero-order chi connectivity index (χ0) is 24.6. The number of methoxy groups -OCH3 is 3. The first kappa shape index (κ1) is 23.9. The van der Waals surface area contributed by atoms with Crippen LogP contribution in [0.25, 0.3) is 0 Å². The lowest BCUT2D eigenvalue weighted by Gasteiger charge is -2.56. The van der Waals surface area contributed by atoms with E-state index in [1.54, 1.807) is 40.3 Å². The van der Waals surface area contributed by atoms with Crippen LogP contribution in [0.1, 0.15) is 24.1 Å². The molecule has 0 spiro atoms. The minimum Gasteiger partial charge on any atom is -0.493 e. The van der Waals surface area contributed by atoms with Gasteiger partial charge in [-0.05, 0) is 49.3 Å². The second-order valence-corrected chi connectivity index (χ2v) is 9.15. The van der Waals surface area contributed by atoms with Crippen molar-refractivity contribution in [2.75, 3.05) is 42.0 Å². The lowest BCUT2D eigenvalue weighted by molar-refractivity contribution is -0.161. The van der Waals surface area contributed by atoms with Crippen molar-refractivity contribution < 1.29 is 23.7 Å². The van der Waals surface area contributed by atoms with E-state index < -0.39 is 11.6 Å². The fourth-order valence-corrected chi connectivity index (χ4v) is 5.25. The van der Waals surface area contributed by atoms with Gasteiger partial charge in [-0.2, -0.15) is 0 Å². The van der Waals surface area contributed by atoms with Crippen LogP contribution in [0, 0.1) is 5.92 Å². The van der Waals surface area contributed by atoms with Gasteiger partial charge < -0.3 is 34.1 Å². The maximum Gasteiger partial charge on any atom is 0.233 e. The molecule has 34 heavy (non-hydrogen) atoms. The summed E-state index contributed by atoms with van der Waals surface area (Å²) in [6, 6.07) is 11.2. The minimum absolute atomic E-state index is 0.0351. The van der Waals surface area contributed by atoms with Crippen molar-refractivity contribution in [3.63, 3.8) is 0 Å². The number of nitrogens with zero attached hydrogens (tertiary/aromatic N) is 2. The highest BCUT2D eigenvalue weighted by molar-refractivity contribution is 7.80. The first-order valence-electron chi connectivity index (χ1n) is 11.1. The van der Waals surface area contributed by atoms with Crippen molar-refractivity contribution >= 4 is 23.2 Å². The maximum atomic E-state index is 13.4. The molecule has 2 bridgehead atoms. The van der Waals surface area contributed by atoms with E-state index in [9.17, 15) is 4.79 Å². The van der Waals surface area contributed by atoms with Gasteiger partial charge >= 0.3 is 0 Å². The average Bonchev–Trinajstić information content (AvgIpc) is 2.82. The van der Waals surface area contributed by atoms with Crippen molar-refractivity contribution in [3.8, 4) is 23.0 Å². The lowest BCUT2D eigenvalue weighted by Crippen LogP contribution is -2.72. The predicted octanol–water partition coefficient (Wildman–Crippen LogP) is 3.00. The first-order chi connectivity index (χ1) is 16.2. The second kappa shape index (κ2) is 9.21. The standard InChI is InChI=1S/C25H31N3O5S/c1-25-20(23(29)27(2)3)21(16-8-7-9-18(31-5)22(16)33-25)26-24(34)28(25)13-12-15-10-11-17(30-4)19(14-15)32-6/h7-11,14,20-21H,12-13H2,1-6H3,(H,26,34). The van der Waals surface area contributed by atoms with Crippen molar-refractivity contribution in [2.24, 2.45) is 5.92 Å². The number of carbonyl (C=O) groups is 1. The summed E-state index contributed by atoms with van der Waals surface area (Å²) in [5.41, 5.74) is 0.904. The van der Waals surface area contributed by atoms with Crippen LogP contribution in [-0.2, 0) is 11.2 Å². The summed E-state index contributed by atoms with van der Waals surface area (Å²) in [4.78, 5) is 17.0. The molecule has 182 valence electrons. The highest BCUT2D eigenvalue weighted by Crippen LogP contribution is 2.51. The van der Waals surface area contributed by atoms with E-state index in [-0.39, 0.29) is 11.9 Å². The van der Waals surface area contributed by atoms with E-state index in [1.807, 2.05) is 48.2 Å². The molecule has 1 amide bonds. The van der Waals surface area contributed by atoms with Crippen LogP contribution in [0.4, 0.5) is 0 Å². The molecule has 1 saturated heterocycles. The smallest absolute Gasteiger partial charge is 0.233 e. The number of ether oxygens (including phenoxy) is 4. The van der Waals surface area contributed by atoms with Crippen molar-refractivity contribution in [1.82, 2.24) is 15.1 Å². The van der Waals surface area contributed by atoms with Crippen molar-refractivity contribution in [1.29, 1.82) is 0 Å². The highest BCUT2D eigenvalue weighted by atomic mass is 32.1. The summed E-state index contributed by atoms with van der Waals surface area (Å²) in [7, 11) is 8.36. The van der Waals surface area contributed by atoms with Crippen LogP contribution in [0.15, 0.2) is 36.4 Å². The number of para-hydroxylation sites is 1. The van der Waals surface area contributed by atoms with E-state index in [4.69, 9.17) is 31.2 Å². The molecule has 8 nitrogen and oxygen atoms in total. The average molecular weight is 486 g/mol. The van der Waals surface area contributed by atoms with Gasteiger partial charge in [0.2, 0.25) is 5.91 Å². The van der Waals surface area contributed by atoms with Crippen molar-refractivity contribution in [2.45, 2.75) is 25.1 Å². The van der Waals surface area contributed by atoms with Crippen molar-refractivity contribution in [3.05, 3.63) is 47.5 Å². The Labute approximate surface area is 205 Å². The molecule has 2 heterocycles. The van der Waals surface area contributed by atoms with Gasteiger partial charge in [-0.1, -0.05) is 18.2 Å². The van der Waals surface area contributed by atoms with Crippen LogP contribution >= 0.6 is 12.2 Å². The SMILES string of the molecule is COc1ccc(CCN2C(=S)NC3c4cccc(OC)c4OC2(C)C3C(=O)N(C)C)cc1OC. The Morgan fingerprint density at radius 2 is 1.82 bits per heavy atom. The Balaban J connectivity index is 1.72. The normalized spacial score (nSPS) is 22.8. The van der Waals surface area contributed by atoms with Crippen LogP contribution in [-0.4, -0.2) is 68.5 Å². The summed E-state index contributed by atoms with van der Waals surface area (Å²) >= 11 is 5.79. The Kier molecular flexibility index (Phi) is 6.49. The lowest BCUT2D eigenvalue weighted by atomic mass is 9.78. The highest BCUT2D eigenvalue weighted by Gasteiger charge is 2.59. The number of rotatable bonds is 7. The molecule has 2 aliphatic rings. The molecule has 1 N–H and O–H groups in total. The molecule has 0 saturated carbocycles. The van der Waals surface area contributed by atoms with Gasteiger partial charge in [0.1, 0.15) is 5.92 Å². The number of amides is 1. The van der Waals surface area contributed by atoms with Gasteiger partial charge in [-0.25, -0.2) is 0 Å². The van der Waals surface area contributed by atoms with Gasteiger partial charge in [0.05, 0.1) is 27.4 Å². The minimum atomic E-state index is -1.01. The number of fused-ring (bicyclic) bond motifs is 4. The summed E-state index contributed by atoms with van der Waals surface area (Å²) in [5, 5.41) is 3.97.